The Morgan fingerprint density at radius 1 is 1.47 bits per heavy atom. The van der Waals surface area contributed by atoms with E-state index < -0.39 is 0 Å². The molecule has 0 aromatic rings. The molecular formula is C12H25NO2. The smallest absolute Gasteiger partial charge is 0.0612 e. The fraction of sp³-hybridized carbons (Fsp3) is 1.00. The summed E-state index contributed by atoms with van der Waals surface area (Å²) in [5, 5.41) is 12.6. The molecule has 1 aliphatic heterocycles. The molecule has 3 nitrogen and oxygen atoms in total. The lowest BCUT2D eigenvalue weighted by Crippen LogP contribution is -2.46. The molecule has 3 atom stereocenters. The molecular weight excluding hydrogens is 190 g/mol. The number of aliphatic hydroxyl groups is 1. The minimum Gasteiger partial charge on any atom is -0.395 e. The molecule has 90 valence electrons. The molecule has 0 spiro atoms. The monoisotopic (exact) mass is 215 g/mol. The standard InChI is InChI=1S/C12H25NO2/c1-4-10(8-14)13-11-5-6-15-12(7-11)9(2)3/h9-14H,4-8H2,1-3H3/t10-,11?,12?/m0/s1. The van der Waals surface area contributed by atoms with E-state index in [1.54, 1.807) is 0 Å². The maximum absolute atomic E-state index is 9.14. The zero-order valence-corrected chi connectivity index (χ0v) is 10.2. The first kappa shape index (κ1) is 12.9. The van der Waals surface area contributed by atoms with E-state index in [-0.39, 0.29) is 12.6 Å². The highest BCUT2D eigenvalue weighted by atomic mass is 16.5. The summed E-state index contributed by atoms with van der Waals surface area (Å²) < 4.78 is 5.72. The van der Waals surface area contributed by atoms with Gasteiger partial charge in [-0.2, -0.15) is 0 Å². The minimum atomic E-state index is 0.236. The molecule has 1 aliphatic rings. The molecule has 0 saturated carbocycles. The average molecular weight is 215 g/mol. The molecule has 0 aliphatic carbocycles. The topological polar surface area (TPSA) is 41.5 Å². The van der Waals surface area contributed by atoms with Crippen LogP contribution < -0.4 is 5.32 Å². The number of aliphatic hydroxyl groups excluding tert-OH is 1. The fourth-order valence-corrected chi connectivity index (χ4v) is 2.08. The Hall–Kier alpha value is -0.120. The van der Waals surface area contributed by atoms with Crippen LogP contribution in [-0.2, 0) is 4.74 Å². The van der Waals surface area contributed by atoms with Crippen molar-refractivity contribution in [1.29, 1.82) is 0 Å². The molecule has 0 aromatic carbocycles. The SMILES string of the molecule is CC[C@@H](CO)NC1CCOC(C(C)C)C1. The first-order valence-corrected chi connectivity index (χ1v) is 6.15. The summed E-state index contributed by atoms with van der Waals surface area (Å²) in [5.74, 6) is 0.587. The predicted octanol–water partition coefficient (Wildman–Crippen LogP) is 1.55. The molecule has 2 N–H and O–H groups in total. The second-order valence-electron chi connectivity index (χ2n) is 4.83. The Balaban J connectivity index is 2.35. The van der Waals surface area contributed by atoms with Crippen LogP contribution in [0.2, 0.25) is 0 Å². The third kappa shape index (κ3) is 4.09. The Morgan fingerprint density at radius 3 is 2.73 bits per heavy atom. The molecule has 1 heterocycles. The van der Waals surface area contributed by atoms with Crippen molar-refractivity contribution in [2.75, 3.05) is 13.2 Å². The second-order valence-corrected chi connectivity index (χ2v) is 4.83. The first-order chi connectivity index (χ1) is 7.17. The summed E-state index contributed by atoms with van der Waals surface area (Å²) in [6, 6.07) is 0.768. The van der Waals surface area contributed by atoms with Gasteiger partial charge < -0.3 is 15.2 Å². The minimum absolute atomic E-state index is 0.236. The Bertz CT molecular complexity index is 167. The quantitative estimate of drug-likeness (QED) is 0.731. The van der Waals surface area contributed by atoms with Crippen LogP contribution in [-0.4, -0.2) is 36.5 Å². The van der Waals surface area contributed by atoms with Crippen molar-refractivity contribution in [3.05, 3.63) is 0 Å². The largest absolute Gasteiger partial charge is 0.395 e. The van der Waals surface area contributed by atoms with Gasteiger partial charge in [0.25, 0.3) is 0 Å². The van der Waals surface area contributed by atoms with Crippen LogP contribution in [0, 0.1) is 5.92 Å². The molecule has 0 aromatic heterocycles. The molecule has 0 bridgehead atoms. The van der Waals surface area contributed by atoms with Crippen molar-refractivity contribution in [2.24, 2.45) is 5.92 Å². The van der Waals surface area contributed by atoms with Crippen molar-refractivity contribution in [1.82, 2.24) is 5.32 Å². The summed E-state index contributed by atoms with van der Waals surface area (Å²) in [5.41, 5.74) is 0. The Labute approximate surface area is 93.2 Å². The van der Waals surface area contributed by atoms with Gasteiger partial charge in [0.05, 0.1) is 12.7 Å². The van der Waals surface area contributed by atoms with Crippen LogP contribution in [0.5, 0.6) is 0 Å². The van der Waals surface area contributed by atoms with Gasteiger partial charge in [-0.25, -0.2) is 0 Å². The van der Waals surface area contributed by atoms with Crippen LogP contribution in [0.3, 0.4) is 0 Å². The lowest BCUT2D eigenvalue weighted by Gasteiger charge is -2.34. The van der Waals surface area contributed by atoms with E-state index >= 15 is 0 Å². The maximum atomic E-state index is 9.14. The highest BCUT2D eigenvalue weighted by Gasteiger charge is 2.25. The van der Waals surface area contributed by atoms with Crippen molar-refractivity contribution in [2.45, 2.75) is 58.2 Å². The van der Waals surface area contributed by atoms with E-state index in [1.807, 2.05) is 0 Å². The highest BCUT2D eigenvalue weighted by molar-refractivity contribution is 4.81. The van der Waals surface area contributed by atoms with E-state index in [9.17, 15) is 0 Å². The summed E-state index contributed by atoms with van der Waals surface area (Å²) in [6.07, 6.45) is 3.51. The van der Waals surface area contributed by atoms with Crippen molar-refractivity contribution < 1.29 is 9.84 Å². The van der Waals surface area contributed by atoms with Gasteiger partial charge in [0.15, 0.2) is 0 Å². The van der Waals surface area contributed by atoms with E-state index in [0.29, 0.717) is 18.1 Å². The zero-order chi connectivity index (χ0) is 11.3. The average Bonchev–Trinajstić information content (AvgIpc) is 2.26. The summed E-state index contributed by atoms with van der Waals surface area (Å²) in [4.78, 5) is 0. The molecule has 3 heteroatoms. The number of ether oxygens (including phenoxy) is 1. The molecule has 0 radical (unpaired) electrons. The van der Waals surface area contributed by atoms with E-state index in [0.717, 1.165) is 25.9 Å². The third-order valence-electron chi connectivity index (χ3n) is 3.24. The predicted molar refractivity (Wildman–Crippen MR) is 61.9 cm³/mol. The zero-order valence-electron chi connectivity index (χ0n) is 10.2. The lowest BCUT2D eigenvalue weighted by molar-refractivity contribution is -0.0269. The Morgan fingerprint density at radius 2 is 2.20 bits per heavy atom. The number of rotatable bonds is 5. The number of hydrogen-bond acceptors (Lipinski definition) is 3. The van der Waals surface area contributed by atoms with Crippen LogP contribution in [0.1, 0.15) is 40.0 Å². The van der Waals surface area contributed by atoms with E-state index in [1.165, 1.54) is 0 Å². The first-order valence-electron chi connectivity index (χ1n) is 6.15. The molecule has 1 fully saturated rings. The Kier molecular flexibility index (Phi) is 5.58. The van der Waals surface area contributed by atoms with Gasteiger partial charge in [-0.1, -0.05) is 20.8 Å². The van der Waals surface area contributed by atoms with Crippen molar-refractivity contribution in [3.63, 3.8) is 0 Å². The molecule has 15 heavy (non-hydrogen) atoms. The van der Waals surface area contributed by atoms with Crippen molar-refractivity contribution in [3.8, 4) is 0 Å². The van der Waals surface area contributed by atoms with Gasteiger partial charge >= 0.3 is 0 Å². The van der Waals surface area contributed by atoms with E-state index in [4.69, 9.17) is 9.84 Å². The maximum Gasteiger partial charge on any atom is 0.0612 e. The fourth-order valence-electron chi connectivity index (χ4n) is 2.08. The highest BCUT2D eigenvalue weighted by Crippen LogP contribution is 2.20. The summed E-state index contributed by atoms with van der Waals surface area (Å²) in [6.45, 7) is 7.60. The van der Waals surface area contributed by atoms with Crippen LogP contribution in [0.25, 0.3) is 0 Å². The second kappa shape index (κ2) is 6.46. The summed E-state index contributed by atoms with van der Waals surface area (Å²) in [7, 11) is 0. The van der Waals surface area contributed by atoms with Crippen LogP contribution >= 0.6 is 0 Å². The number of nitrogens with one attached hydrogen (secondary N) is 1. The molecule has 2 unspecified atom stereocenters. The lowest BCUT2D eigenvalue weighted by atomic mass is 9.95. The van der Waals surface area contributed by atoms with Crippen molar-refractivity contribution >= 4 is 0 Å². The number of hydrogen-bond donors (Lipinski definition) is 2. The van der Waals surface area contributed by atoms with Gasteiger partial charge in [0, 0.05) is 18.7 Å². The molecule has 1 rings (SSSR count). The van der Waals surface area contributed by atoms with Gasteiger partial charge in [-0.05, 0) is 25.2 Å². The van der Waals surface area contributed by atoms with Crippen LogP contribution in [0.15, 0.2) is 0 Å². The van der Waals surface area contributed by atoms with Gasteiger partial charge in [-0.3, -0.25) is 0 Å². The van der Waals surface area contributed by atoms with E-state index in [2.05, 4.69) is 26.1 Å². The third-order valence-corrected chi connectivity index (χ3v) is 3.24. The van der Waals surface area contributed by atoms with Gasteiger partial charge in [-0.15, -0.1) is 0 Å². The van der Waals surface area contributed by atoms with Gasteiger partial charge in [0.2, 0.25) is 0 Å². The normalized spacial score (nSPS) is 29.4. The summed E-state index contributed by atoms with van der Waals surface area (Å²) >= 11 is 0. The van der Waals surface area contributed by atoms with Crippen LogP contribution in [0.4, 0.5) is 0 Å². The molecule has 0 amide bonds. The molecule has 1 saturated heterocycles. The van der Waals surface area contributed by atoms with Gasteiger partial charge in [0.1, 0.15) is 0 Å².